The Morgan fingerprint density at radius 3 is 2.09 bits per heavy atom. The molecule has 2 N–H and O–H groups in total. The summed E-state index contributed by atoms with van der Waals surface area (Å²) in [5.41, 5.74) is 2.18. The molecule has 1 amide bonds. The first kappa shape index (κ1) is 32.2. The molecule has 1 aliphatic heterocycles. The molecule has 2 unspecified atom stereocenters. The van der Waals surface area contributed by atoms with Crippen molar-refractivity contribution in [1.82, 2.24) is 9.62 Å². The fourth-order valence-corrected chi connectivity index (χ4v) is 7.62. The van der Waals surface area contributed by atoms with E-state index in [1.807, 2.05) is 0 Å². The van der Waals surface area contributed by atoms with Gasteiger partial charge in [-0.15, -0.1) is 0 Å². The molecule has 1 saturated heterocycles. The van der Waals surface area contributed by atoms with E-state index in [0.717, 1.165) is 0 Å². The Morgan fingerprint density at radius 1 is 0.889 bits per heavy atom. The van der Waals surface area contributed by atoms with Crippen molar-refractivity contribution in [2.75, 3.05) is 18.4 Å². The van der Waals surface area contributed by atoms with Gasteiger partial charge in [-0.2, -0.15) is 4.31 Å². The monoisotopic (exact) mass is 633 g/mol. The summed E-state index contributed by atoms with van der Waals surface area (Å²) in [5, 5.41) is 6.06. The van der Waals surface area contributed by atoms with Crippen LogP contribution in [0.5, 0.6) is 0 Å². The Bertz CT molecular complexity index is 1720. The average molecular weight is 634 g/mol. The molecule has 0 spiro atoms. The molecule has 0 radical (unpaired) electrons. The number of benzene rings is 4. The van der Waals surface area contributed by atoms with Gasteiger partial charge >= 0.3 is 0 Å². The van der Waals surface area contributed by atoms with Crippen molar-refractivity contribution >= 4 is 21.6 Å². The van der Waals surface area contributed by atoms with Crippen LogP contribution in [0.1, 0.15) is 36.0 Å². The number of nitrogens with one attached hydrogen (secondary N) is 2. The van der Waals surface area contributed by atoms with Gasteiger partial charge in [0.2, 0.25) is 15.9 Å². The Hall–Kier alpha value is -4.25. The van der Waals surface area contributed by atoms with Crippen molar-refractivity contribution < 1.29 is 26.4 Å². The predicted molar refractivity (Wildman–Crippen MR) is 169 cm³/mol. The number of hydrogen-bond donors (Lipinski definition) is 2. The van der Waals surface area contributed by atoms with E-state index in [1.165, 1.54) is 40.7 Å². The number of sulfonamides is 1. The summed E-state index contributed by atoms with van der Waals surface area (Å²) in [6, 6.07) is 22.9. The topological polar surface area (TPSA) is 78.5 Å². The summed E-state index contributed by atoms with van der Waals surface area (Å²) in [7, 11) is -3.89. The Labute approximate surface area is 261 Å². The maximum absolute atomic E-state index is 15.4. The van der Waals surface area contributed by atoms with Gasteiger partial charge in [0.25, 0.3) is 0 Å². The lowest BCUT2D eigenvalue weighted by Crippen LogP contribution is -2.58. The second-order valence-electron chi connectivity index (χ2n) is 11.2. The number of rotatable bonds is 10. The molecule has 1 aliphatic rings. The second-order valence-corrected chi connectivity index (χ2v) is 13.0. The Balaban J connectivity index is 1.38. The van der Waals surface area contributed by atoms with Crippen molar-refractivity contribution in [3.63, 3.8) is 0 Å². The third kappa shape index (κ3) is 7.36. The highest BCUT2D eigenvalue weighted by Gasteiger charge is 2.39. The van der Waals surface area contributed by atoms with Crippen molar-refractivity contribution in [3.05, 3.63) is 143 Å². The largest absolute Gasteiger partial charge is 0.326 e. The zero-order chi connectivity index (χ0) is 32.1. The van der Waals surface area contributed by atoms with E-state index in [4.69, 9.17) is 0 Å². The van der Waals surface area contributed by atoms with Crippen LogP contribution < -0.4 is 10.6 Å². The fraction of sp³-hybridized carbons (Fsp3) is 0.229. The van der Waals surface area contributed by atoms with Gasteiger partial charge in [0.15, 0.2) is 0 Å². The van der Waals surface area contributed by atoms with Crippen LogP contribution in [0.15, 0.2) is 114 Å². The van der Waals surface area contributed by atoms with E-state index in [-0.39, 0.29) is 35.0 Å². The molecule has 1 fully saturated rings. The van der Waals surface area contributed by atoms with E-state index in [1.54, 1.807) is 67.6 Å². The third-order valence-corrected chi connectivity index (χ3v) is 10.1. The number of halogens is 3. The lowest BCUT2D eigenvalue weighted by atomic mass is 9.88. The van der Waals surface area contributed by atoms with Crippen LogP contribution in [0.25, 0.3) is 0 Å². The predicted octanol–water partition coefficient (Wildman–Crippen LogP) is 6.41. The van der Waals surface area contributed by atoms with Crippen molar-refractivity contribution in [3.8, 4) is 0 Å². The van der Waals surface area contributed by atoms with Gasteiger partial charge in [-0.05, 0) is 73.0 Å². The van der Waals surface area contributed by atoms with E-state index in [9.17, 15) is 22.0 Å². The number of anilines is 1. The molecule has 2 atom stereocenters. The van der Waals surface area contributed by atoms with E-state index < -0.39 is 45.3 Å². The van der Waals surface area contributed by atoms with E-state index in [0.29, 0.717) is 29.8 Å². The quantitative estimate of drug-likeness (QED) is 0.198. The number of hydrogen-bond acceptors (Lipinski definition) is 4. The molecule has 1 heterocycles. The van der Waals surface area contributed by atoms with Crippen molar-refractivity contribution in [2.45, 2.75) is 42.7 Å². The molecule has 6 nitrogen and oxygen atoms in total. The molecular weight excluding hydrogens is 599 g/mol. The summed E-state index contributed by atoms with van der Waals surface area (Å²) in [6.07, 6.45) is -0.108. The molecule has 0 saturated carbocycles. The van der Waals surface area contributed by atoms with Gasteiger partial charge in [-0.25, -0.2) is 21.6 Å². The Morgan fingerprint density at radius 2 is 1.49 bits per heavy atom. The summed E-state index contributed by atoms with van der Waals surface area (Å²) in [4.78, 5) is 13.6. The molecule has 0 aliphatic carbocycles. The molecule has 4 aromatic rings. The van der Waals surface area contributed by atoms with Crippen LogP contribution in [0.2, 0.25) is 0 Å². The molecule has 234 valence electrons. The minimum absolute atomic E-state index is 0.0263. The molecule has 0 bridgehead atoms. The van der Waals surface area contributed by atoms with Gasteiger partial charge in [-0.1, -0.05) is 60.7 Å². The zero-order valence-corrected chi connectivity index (χ0v) is 25.5. The highest BCUT2D eigenvalue weighted by atomic mass is 32.2. The minimum Gasteiger partial charge on any atom is -0.326 e. The first-order chi connectivity index (χ1) is 21.5. The number of piperazine rings is 1. The maximum atomic E-state index is 15.4. The number of carbonyl (C=O) groups excluding carboxylic acids is 1. The lowest BCUT2D eigenvalue weighted by Gasteiger charge is -2.41. The highest BCUT2D eigenvalue weighted by Crippen LogP contribution is 2.32. The smallest absolute Gasteiger partial charge is 0.243 e. The van der Waals surface area contributed by atoms with Gasteiger partial charge in [0.05, 0.1) is 10.9 Å². The number of carbonyl (C=O) groups is 1. The molecule has 0 aromatic heterocycles. The van der Waals surface area contributed by atoms with Crippen molar-refractivity contribution in [1.29, 1.82) is 0 Å². The van der Waals surface area contributed by atoms with Crippen LogP contribution in [-0.4, -0.2) is 43.8 Å². The lowest BCUT2D eigenvalue weighted by molar-refractivity contribution is -0.116. The fourth-order valence-electron chi connectivity index (χ4n) is 5.76. The molecule has 10 heteroatoms. The van der Waals surface area contributed by atoms with Gasteiger partial charge in [0, 0.05) is 42.7 Å². The molecule has 5 rings (SSSR count). The van der Waals surface area contributed by atoms with E-state index >= 15 is 4.39 Å². The molecule has 4 aromatic carbocycles. The average Bonchev–Trinajstić information content (AvgIpc) is 3.02. The van der Waals surface area contributed by atoms with Crippen LogP contribution in [0.3, 0.4) is 0 Å². The minimum atomic E-state index is -3.89. The SMILES string of the molecule is C=C(Cc1c(F)cccc1NC(=O)CC(c1ccc(F)cc1)c1ccc(F)cc1)C1CNCC(C)N1S(=O)(=O)c1ccccc1. The van der Waals surface area contributed by atoms with Crippen LogP contribution >= 0.6 is 0 Å². The first-order valence-electron chi connectivity index (χ1n) is 14.6. The number of amides is 1. The summed E-state index contributed by atoms with van der Waals surface area (Å²) in [5.74, 6) is -2.39. The summed E-state index contributed by atoms with van der Waals surface area (Å²) in [6.45, 7) is 6.73. The highest BCUT2D eigenvalue weighted by molar-refractivity contribution is 7.89. The van der Waals surface area contributed by atoms with Gasteiger partial charge in [-0.3, -0.25) is 4.79 Å². The van der Waals surface area contributed by atoms with Crippen LogP contribution in [0, 0.1) is 17.5 Å². The van der Waals surface area contributed by atoms with Crippen LogP contribution in [0.4, 0.5) is 18.9 Å². The third-order valence-electron chi connectivity index (χ3n) is 8.04. The maximum Gasteiger partial charge on any atom is 0.243 e. The van der Waals surface area contributed by atoms with Crippen molar-refractivity contribution in [2.24, 2.45) is 0 Å². The second kappa shape index (κ2) is 13.8. The normalized spacial score (nSPS) is 17.3. The summed E-state index contributed by atoms with van der Waals surface area (Å²) >= 11 is 0. The number of nitrogens with zero attached hydrogens (tertiary/aromatic N) is 1. The summed E-state index contributed by atoms with van der Waals surface area (Å²) < 4.78 is 71.5. The van der Waals surface area contributed by atoms with Crippen LogP contribution in [-0.2, 0) is 21.2 Å². The molecular formula is C35H34F3N3O3S. The molecule has 45 heavy (non-hydrogen) atoms. The Kier molecular flexibility index (Phi) is 9.86. The first-order valence-corrected chi connectivity index (χ1v) is 16.0. The van der Waals surface area contributed by atoms with Gasteiger partial charge < -0.3 is 10.6 Å². The van der Waals surface area contributed by atoms with Gasteiger partial charge in [0.1, 0.15) is 17.5 Å². The van der Waals surface area contributed by atoms with E-state index in [2.05, 4.69) is 17.2 Å². The standard InChI is InChI=1S/C35H34F3N3O3S/c1-23(34-22-39-21-24(2)41(34)45(43,44)29-7-4-3-5-8-29)19-31-32(38)9-6-10-33(31)40-35(42)20-30(25-11-15-27(36)16-12-25)26-13-17-28(37)18-14-26/h3-18,24,30,34,39H,1,19-22H2,2H3,(H,40,42). The zero-order valence-electron chi connectivity index (χ0n) is 24.7.